The normalized spacial score (nSPS) is 35.4. The van der Waals surface area contributed by atoms with Crippen molar-refractivity contribution in [3.8, 4) is 0 Å². The van der Waals surface area contributed by atoms with Gasteiger partial charge in [-0.1, -0.05) is 0 Å². The van der Waals surface area contributed by atoms with E-state index in [1.54, 1.807) is 0 Å². The van der Waals surface area contributed by atoms with Crippen LogP contribution in [-0.2, 0) is 9.53 Å². The van der Waals surface area contributed by atoms with E-state index in [4.69, 9.17) is 4.74 Å². The zero-order valence-corrected chi connectivity index (χ0v) is 9.89. The molecule has 0 aromatic heterocycles. The van der Waals surface area contributed by atoms with Crippen molar-refractivity contribution in [2.45, 2.75) is 44.8 Å². The molecule has 2 saturated heterocycles. The summed E-state index contributed by atoms with van der Waals surface area (Å²) in [6.45, 7) is 3.45. The molecule has 2 heterocycles. The van der Waals surface area contributed by atoms with Crippen molar-refractivity contribution in [1.82, 2.24) is 4.90 Å². The number of aliphatic hydroxyl groups is 1. The number of hydrogen-bond acceptors (Lipinski definition) is 3. The number of likely N-dealkylation sites (tertiary alicyclic amines) is 1. The van der Waals surface area contributed by atoms with Gasteiger partial charge >= 0.3 is 0 Å². The van der Waals surface area contributed by atoms with E-state index in [9.17, 15) is 9.90 Å². The van der Waals surface area contributed by atoms with Gasteiger partial charge in [-0.3, -0.25) is 4.79 Å². The third-order valence-corrected chi connectivity index (χ3v) is 3.67. The number of rotatable bonds is 2. The SMILES string of the molecule is CC1CC(C(=O)N2CCCCC2CO)CO1. The molecule has 2 rings (SSSR count). The van der Waals surface area contributed by atoms with Gasteiger partial charge in [-0.2, -0.15) is 0 Å². The molecule has 4 nitrogen and oxygen atoms in total. The van der Waals surface area contributed by atoms with E-state index in [0.717, 1.165) is 32.2 Å². The van der Waals surface area contributed by atoms with Gasteiger partial charge in [0.25, 0.3) is 0 Å². The van der Waals surface area contributed by atoms with Crippen LogP contribution in [0.5, 0.6) is 0 Å². The van der Waals surface area contributed by atoms with E-state index < -0.39 is 0 Å². The lowest BCUT2D eigenvalue weighted by Gasteiger charge is -2.36. The van der Waals surface area contributed by atoms with Gasteiger partial charge in [-0.05, 0) is 32.6 Å². The van der Waals surface area contributed by atoms with Crippen molar-refractivity contribution in [3.05, 3.63) is 0 Å². The van der Waals surface area contributed by atoms with Crippen LogP contribution in [0.2, 0.25) is 0 Å². The maximum Gasteiger partial charge on any atom is 0.228 e. The lowest BCUT2D eigenvalue weighted by molar-refractivity contribution is -0.140. The molecular formula is C12H21NO3. The molecule has 0 spiro atoms. The Labute approximate surface area is 96.6 Å². The van der Waals surface area contributed by atoms with Crippen molar-refractivity contribution < 1.29 is 14.6 Å². The number of piperidine rings is 1. The molecule has 2 fully saturated rings. The molecule has 3 unspecified atom stereocenters. The van der Waals surface area contributed by atoms with Crippen LogP contribution in [0.3, 0.4) is 0 Å². The molecule has 0 bridgehead atoms. The highest BCUT2D eigenvalue weighted by Crippen LogP contribution is 2.25. The molecule has 16 heavy (non-hydrogen) atoms. The maximum atomic E-state index is 12.3. The van der Waals surface area contributed by atoms with Gasteiger partial charge in [0.1, 0.15) is 0 Å². The first-order chi connectivity index (χ1) is 7.72. The number of hydrogen-bond donors (Lipinski definition) is 1. The highest BCUT2D eigenvalue weighted by atomic mass is 16.5. The molecule has 0 aliphatic carbocycles. The number of carbonyl (C=O) groups is 1. The minimum absolute atomic E-state index is 0.0159. The fourth-order valence-corrected chi connectivity index (χ4v) is 2.70. The smallest absolute Gasteiger partial charge is 0.228 e. The molecular weight excluding hydrogens is 206 g/mol. The summed E-state index contributed by atoms with van der Waals surface area (Å²) in [5.74, 6) is 0.199. The third-order valence-electron chi connectivity index (χ3n) is 3.67. The second kappa shape index (κ2) is 5.15. The number of ether oxygens (including phenoxy) is 1. The summed E-state index contributed by atoms with van der Waals surface area (Å²) in [4.78, 5) is 14.1. The van der Waals surface area contributed by atoms with Crippen LogP contribution in [0.1, 0.15) is 32.6 Å². The second-order valence-electron chi connectivity index (χ2n) is 4.94. The minimum Gasteiger partial charge on any atom is -0.394 e. The van der Waals surface area contributed by atoms with Crippen molar-refractivity contribution in [3.63, 3.8) is 0 Å². The monoisotopic (exact) mass is 227 g/mol. The predicted octanol–water partition coefficient (Wildman–Crippen LogP) is 0.785. The van der Waals surface area contributed by atoms with Crippen molar-refractivity contribution in [1.29, 1.82) is 0 Å². The number of aliphatic hydroxyl groups excluding tert-OH is 1. The Balaban J connectivity index is 1.96. The highest BCUT2D eigenvalue weighted by Gasteiger charge is 2.35. The molecule has 0 aromatic carbocycles. The summed E-state index contributed by atoms with van der Waals surface area (Å²) in [6.07, 6.45) is 4.14. The summed E-state index contributed by atoms with van der Waals surface area (Å²) in [6, 6.07) is 0.0390. The van der Waals surface area contributed by atoms with E-state index >= 15 is 0 Å². The Bertz CT molecular complexity index is 257. The molecule has 1 N–H and O–H groups in total. The first-order valence-electron chi connectivity index (χ1n) is 6.25. The van der Waals surface area contributed by atoms with Crippen molar-refractivity contribution in [2.75, 3.05) is 19.8 Å². The lowest BCUT2D eigenvalue weighted by atomic mass is 9.98. The average Bonchev–Trinajstić information content (AvgIpc) is 2.75. The Kier molecular flexibility index (Phi) is 3.82. The molecule has 2 aliphatic rings. The van der Waals surface area contributed by atoms with E-state index in [1.165, 1.54) is 0 Å². The van der Waals surface area contributed by atoms with Crippen LogP contribution >= 0.6 is 0 Å². The van der Waals surface area contributed by atoms with Gasteiger partial charge in [0.15, 0.2) is 0 Å². The topological polar surface area (TPSA) is 49.8 Å². The average molecular weight is 227 g/mol. The van der Waals surface area contributed by atoms with E-state index in [-0.39, 0.29) is 30.6 Å². The summed E-state index contributed by atoms with van der Waals surface area (Å²) in [5, 5.41) is 9.28. The van der Waals surface area contributed by atoms with Gasteiger partial charge in [0, 0.05) is 6.54 Å². The Morgan fingerprint density at radius 3 is 2.94 bits per heavy atom. The van der Waals surface area contributed by atoms with Crippen LogP contribution in [-0.4, -0.2) is 47.8 Å². The summed E-state index contributed by atoms with van der Waals surface area (Å²) < 4.78 is 5.44. The molecule has 3 atom stereocenters. The summed E-state index contributed by atoms with van der Waals surface area (Å²) >= 11 is 0. The van der Waals surface area contributed by atoms with E-state index in [0.29, 0.717) is 6.61 Å². The molecule has 0 aromatic rings. The van der Waals surface area contributed by atoms with Gasteiger partial charge in [0.2, 0.25) is 5.91 Å². The fourth-order valence-electron chi connectivity index (χ4n) is 2.70. The zero-order chi connectivity index (χ0) is 11.5. The Morgan fingerprint density at radius 1 is 1.50 bits per heavy atom. The first kappa shape index (κ1) is 11.9. The minimum atomic E-state index is 0.0159. The maximum absolute atomic E-state index is 12.3. The summed E-state index contributed by atoms with van der Waals surface area (Å²) in [7, 11) is 0. The summed E-state index contributed by atoms with van der Waals surface area (Å²) in [5.41, 5.74) is 0. The second-order valence-corrected chi connectivity index (χ2v) is 4.94. The van der Waals surface area contributed by atoms with Crippen LogP contribution in [0.4, 0.5) is 0 Å². The van der Waals surface area contributed by atoms with E-state index in [1.807, 2.05) is 11.8 Å². The molecule has 4 heteroatoms. The van der Waals surface area contributed by atoms with E-state index in [2.05, 4.69) is 0 Å². The third kappa shape index (κ3) is 2.38. The largest absolute Gasteiger partial charge is 0.394 e. The van der Waals surface area contributed by atoms with Crippen LogP contribution < -0.4 is 0 Å². The first-order valence-corrected chi connectivity index (χ1v) is 6.25. The lowest BCUT2D eigenvalue weighted by Crippen LogP contribution is -2.48. The number of amides is 1. The quantitative estimate of drug-likeness (QED) is 0.758. The van der Waals surface area contributed by atoms with Crippen molar-refractivity contribution in [2.24, 2.45) is 5.92 Å². The van der Waals surface area contributed by atoms with Gasteiger partial charge < -0.3 is 14.7 Å². The molecule has 1 amide bonds. The van der Waals surface area contributed by atoms with Gasteiger partial charge in [0.05, 0.1) is 31.3 Å². The van der Waals surface area contributed by atoms with Crippen LogP contribution in [0, 0.1) is 5.92 Å². The van der Waals surface area contributed by atoms with Gasteiger partial charge in [-0.15, -0.1) is 0 Å². The molecule has 92 valence electrons. The van der Waals surface area contributed by atoms with Crippen LogP contribution in [0.15, 0.2) is 0 Å². The van der Waals surface area contributed by atoms with Gasteiger partial charge in [-0.25, -0.2) is 0 Å². The molecule has 0 saturated carbocycles. The highest BCUT2D eigenvalue weighted by molar-refractivity contribution is 5.79. The Hall–Kier alpha value is -0.610. The molecule has 0 radical (unpaired) electrons. The fraction of sp³-hybridized carbons (Fsp3) is 0.917. The Morgan fingerprint density at radius 2 is 2.31 bits per heavy atom. The van der Waals surface area contributed by atoms with Crippen LogP contribution in [0.25, 0.3) is 0 Å². The zero-order valence-electron chi connectivity index (χ0n) is 9.89. The number of carbonyl (C=O) groups excluding carboxylic acids is 1. The standard InChI is InChI=1S/C12H21NO3/c1-9-6-10(8-16-9)12(15)13-5-3-2-4-11(13)7-14/h9-11,14H,2-8H2,1H3. The molecule has 2 aliphatic heterocycles. The number of nitrogens with zero attached hydrogens (tertiary/aromatic N) is 1. The predicted molar refractivity (Wildman–Crippen MR) is 60.0 cm³/mol. The van der Waals surface area contributed by atoms with Crippen molar-refractivity contribution >= 4 is 5.91 Å².